The molecule has 0 aliphatic carbocycles. The lowest BCUT2D eigenvalue weighted by Crippen LogP contribution is -1.96. The highest BCUT2D eigenvalue weighted by molar-refractivity contribution is 5.81. The van der Waals surface area contributed by atoms with Gasteiger partial charge in [-0.1, -0.05) is 24.3 Å². The topological polar surface area (TPSA) is 18.5 Å². The van der Waals surface area contributed by atoms with Crippen LogP contribution in [-0.4, -0.2) is 14.2 Å². The molecule has 18 heavy (non-hydrogen) atoms. The number of methoxy groups -OCH3 is 2. The standard InChI is InChI=1S/C16H18O2/c1-11-7-5-8-12(2)15(11)16-13(17-3)9-6-10-14(16)18-4/h5-10H,1-4H3. The van der Waals surface area contributed by atoms with Gasteiger partial charge >= 0.3 is 0 Å². The molecular weight excluding hydrogens is 224 g/mol. The molecule has 0 aliphatic heterocycles. The van der Waals surface area contributed by atoms with Gasteiger partial charge in [0.2, 0.25) is 0 Å². The fourth-order valence-corrected chi connectivity index (χ4v) is 2.31. The van der Waals surface area contributed by atoms with Crippen LogP contribution in [0.5, 0.6) is 11.5 Å². The molecule has 0 radical (unpaired) electrons. The van der Waals surface area contributed by atoms with Crippen molar-refractivity contribution in [2.45, 2.75) is 13.8 Å². The molecule has 0 atom stereocenters. The summed E-state index contributed by atoms with van der Waals surface area (Å²) in [5.74, 6) is 1.68. The van der Waals surface area contributed by atoms with Crippen LogP contribution >= 0.6 is 0 Å². The third kappa shape index (κ3) is 2.06. The van der Waals surface area contributed by atoms with Crippen molar-refractivity contribution in [2.24, 2.45) is 0 Å². The molecule has 0 fully saturated rings. The Balaban J connectivity index is 2.77. The van der Waals surface area contributed by atoms with Crippen molar-refractivity contribution in [3.05, 3.63) is 47.5 Å². The van der Waals surface area contributed by atoms with Gasteiger partial charge in [0, 0.05) is 0 Å². The first-order chi connectivity index (χ1) is 8.69. The van der Waals surface area contributed by atoms with E-state index in [4.69, 9.17) is 9.47 Å². The summed E-state index contributed by atoms with van der Waals surface area (Å²) in [5, 5.41) is 0. The first kappa shape index (κ1) is 12.5. The van der Waals surface area contributed by atoms with Crippen LogP contribution in [0.4, 0.5) is 0 Å². The van der Waals surface area contributed by atoms with E-state index in [-0.39, 0.29) is 0 Å². The molecule has 0 aliphatic rings. The van der Waals surface area contributed by atoms with Crippen LogP contribution in [0.25, 0.3) is 11.1 Å². The average Bonchev–Trinajstić information content (AvgIpc) is 2.38. The monoisotopic (exact) mass is 242 g/mol. The SMILES string of the molecule is COc1cccc(OC)c1-c1c(C)cccc1C. The third-order valence-electron chi connectivity index (χ3n) is 3.16. The molecule has 0 spiro atoms. The Hall–Kier alpha value is -1.96. The fourth-order valence-electron chi connectivity index (χ4n) is 2.31. The van der Waals surface area contributed by atoms with Gasteiger partial charge in [-0.25, -0.2) is 0 Å². The molecule has 0 aromatic heterocycles. The van der Waals surface area contributed by atoms with Gasteiger partial charge in [-0.05, 0) is 42.7 Å². The minimum absolute atomic E-state index is 0.840. The van der Waals surface area contributed by atoms with Crippen LogP contribution in [0.1, 0.15) is 11.1 Å². The lowest BCUT2D eigenvalue weighted by Gasteiger charge is -2.17. The normalized spacial score (nSPS) is 10.2. The second-order valence-corrected chi connectivity index (χ2v) is 4.30. The molecule has 2 aromatic rings. The van der Waals surface area contributed by atoms with Crippen LogP contribution < -0.4 is 9.47 Å². The summed E-state index contributed by atoms with van der Waals surface area (Å²) in [6.45, 7) is 4.21. The summed E-state index contributed by atoms with van der Waals surface area (Å²) in [4.78, 5) is 0. The summed E-state index contributed by atoms with van der Waals surface area (Å²) in [6, 6.07) is 12.1. The second-order valence-electron chi connectivity index (χ2n) is 4.30. The van der Waals surface area contributed by atoms with E-state index in [0.29, 0.717) is 0 Å². The number of ether oxygens (including phenoxy) is 2. The second kappa shape index (κ2) is 5.13. The number of hydrogen-bond acceptors (Lipinski definition) is 2. The molecule has 0 amide bonds. The van der Waals surface area contributed by atoms with Crippen molar-refractivity contribution in [3.63, 3.8) is 0 Å². The summed E-state index contributed by atoms with van der Waals surface area (Å²) in [6.07, 6.45) is 0. The van der Waals surface area contributed by atoms with Crippen molar-refractivity contribution in [2.75, 3.05) is 14.2 Å². The van der Waals surface area contributed by atoms with Gasteiger partial charge in [0.25, 0.3) is 0 Å². The molecule has 0 N–H and O–H groups in total. The van der Waals surface area contributed by atoms with Crippen molar-refractivity contribution in [3.8, 4) is 22.6 Å². The zero-order chi connectivity index (χ0) is 13.1. The molecule has 0 saturated carbocycles. The maximum atomic E-state index is 5.47. The average molecular weight is 242 g/mol. The van der Waals surface area contributed by atoms with Crippen LogP contribution in [-0.2, 0) is 0 Å². The molecular formula is C16H18O2. The molecule has 2 aromatic carbocycles. The van der Waals surface area contributed by atoms with E-state index < -0.39 is 0 Å². The van der Waals surface area contributed by atoms with Crippen molar-refractivity contribution in [1.29, 1.82) is 0 Å². The zero-order valence-corrected chi connectivity index (χ0v) is 11.3. The van der Waals surface area contributed by atoms with Gasteiger partial charge in [0.15, 0.2) is 0 Å². The van der Waals surface area contributed by atoms with Crippen LogP contribution in [0.15, 0.2) is 36.4 Å². The largest absolute Gasteiger partial charge is 0.496 e. The van der Waals surface area contributed by atoms with Crippen molar-refractivity contribution in [1.82, 2.24) is 0 Å². The van der Waals surface area contributed by atoms with E-state index in [0.717, 1.165) is 17.1 Å². The number of hydrogen-bond donors (Lipinski definition) is 0. The first-order valence-corrected chi connectivity index (χ1v) is 5.96. The molecule has 2 nitrogen and oxygen atoms in total. The van der Waals surface area contributed by atoms with Crippen LogP contribution in [0.2, 0.25) is 0 Å². The fraction of sp³-hybridized carbons (Fsp3) is 0.250. The van der Waals surface area contributed by atoms with Crippen molar-refractivity contribution >= 4 is 0 Å². The lowest BCUT2D eigenvalue weighted by atomic mass is 9.94. The number of rotatable bonds is 3. The smallest absolute Gasteiger partial charge is 0.130 e. The molecule has 94 valence electrons. The molecule has 2 heteroatoms. The Kier molecular flexibility index (Phi) is 3.56. The van der Waals surface area contributed by atoms with E-state index in [1.807, 2.05) is 18.2 Å². The quantitative estimate of drug-likeness (QED) is 0.810. The number of benzene rings is 2. The van der Waals surface area contributed by atoms with Gasteiger partial charge < -0.3 is 9.47 Å². The third-order valence-corrected chi connectivity index (χ3v) is 3.16. The van der Waals surface area contributed by atoms with E-state index >= 15 is 0 Å². The number of aryl methyl sites for hydroxylation is 2. The Labute approximate surface area is 108 Å². The highest BCUT2D eigenvalue weighted by Crippen LogP contribution is 2.41. The Morgan fingerprint density at radius 1 is 0.667 bits per heavy atom. The van der Waals surface area contributed by atoms with Gasteiger partial charge in [-0.2, -0.15) is 0 Å². The predicted molar refractivity (Wildman–Crippen MR) is 74.5 cm³/mol. The predicted octanol–water partition coefficient (Wildman–Crippen LogP) is 3.99. The Morgan fingerprint density at radius 2 is 1.11 bits per heavy atom. The van der Waals surface area contributed by atoms with Gasteiger partial charge in [-0.15, -0.1) is 0 Å². The van der Waals surface area contributed by atoms with Crippen molar-refractivity contribution < 1.29 is 9.47 Å². The van der Waals surface area contributed by atoms with Gasteiger partial charge in [0.1, 0.15) is 11.5 Å². The first-order valence-electron chi connectivity index (χ1n) is 5.96. The van der Waals surface area contributed by atoms with E-state index in [1.165, 1.54) is 16.7 Å². The molecule has 0 heterocycles. The van der Waals surface area contributed by atoms with Gasteiger partial charge in [-0.3, -0.25) is 0 Å². The summed E-state index contributed by atoms with van der Waals surface area (Å²) in [7, 11) is 3.37. The summed E-state index contributed by atoms with van der Waals surface area (Å²) < 4.78 is 10.9. The van der Waals surface area contributed by atoms with E-state index in [9.17, 15) is 0 Å². The molecule has 0 saturated heterocycles. The van der Waals surface area contributed by atoms with E-state index in [1.54, 1.807) is 14.2 Å². The van der Waals surface area contributed by atoms with E-state index in [2.05, 4.69) is 32.0 Å². The molecule has 2 rings (SSSR count). The minimum Gasteiger partial charge on any atom is -0.496 e. The van der Waals surface area contributed by atoms with Crippen LogP contribution in [0.3, 0.4) is 0 Å². The Morgan fingerprint density at radius 3 is 1.56 bits per heavy atom. The van der Waals surface area contributed by atoms with Gasteiger partial charge in [0.05, 0.1) is 19.8 Å². The summed E-state index contributed by atoms with van der Waals surface area (Å²) >= 11 is 0. The molecule has 0 bridgehead atoms. The zero-order valence-electron chi connectivity index (χ0n) is 11.3. The Bertz CT molecular complexity index is 517. The molecule has 0 unspecified atom stereocenters. The summed E-state index contributed by atoms with van der Waals surface area (Å²) in [5.41, 5.74) is 4.65. The lowest BCUT2D eigenvalue weighted by molar-refractivity contribution is 0.397. The highest BCUT2D eigenvalue weighted by atomic mass is 16.5. The maximum Gasteiger partial charge on any atom is 0.130 e. The maximum absolute atomic E-state index is 5.47. The minimum atomic E-state index is 0.840. The highest BCUT2D eigenvalue weighted by Gasteiger charge is 2.15. The van der Waals surface area contributed by atoms with Crippen LogP contribution in [0, 0.1) is 13.8 Å².